The van der Waals surface area contributed by atoms with Gasteiger partial charge in [0.25, 0.3) is 11.8 Å². The van der Waals surface area contributed by atoms with Crippen LogP contribution in [0.1, 0.15) is 61.5 Å². The van der Waals surface area contributed by atoms with Crippen LogP contribution >= 0.6 is 0 Å². The van der Waals surface area contributed by atoms with E-state index in [1.54, 1.807) is 39.5 Å². The number of hydrogen-bond acceptors (Lipinski definition) is 14. The number of phenolic OH excluding ortho intramolecular Hbond substituents is 1. The fourth-order valence-corrected chi connectivity index (χ4v) is 7.45. The van der Waals surface area contributed by atoms with Crippen LogP contribution in [0.15, 0.2) is 12.1 Å². The molecule has 7 atom stereocenters. The molecule has 4 rings (SSSR count). The van der Waals surface area contributed by atoms with Gasteiger partial charge in [0, 0.05) is 44.7 Å². The predicted octanol–water partition coefficient (Wildman–Crippen LogP) is -1.15. The number of carbonyl (C=O) groups is 3. The Kier molecular flexibility index (Phi) is 12.3. The van der Waals surface area contributed by atoms with Crippen molar-refractivity contribution in [1.29, 1.82) is 0 Å². The van der Waals surface area contributed by atoms with Gasteiger partial charge in [-0.25, -0.2) is 13.2 Å². The molecule has 0 radical (unpaired) electrons. The number of nitrogens with zero attached hydrogens (tertiary/aromatic N) is 2. The predicted molar refractivity (Wildman–Crippen MR) is 183 cm³/mol. The van der Waals surface area contributed by atoms with E-state index in [-0.39, 0.29) is 37.4 Å². The van der Waals surface area contributed by atoms with Crippen LogP contribution in [0, 0.1) is 13.8 Å². The van der Waals surface area contributed by atoms with Crippen LogP contribution in [-0.4, -0.2) is 156 Å². The highest BCUT2D eigenvalue weighted by Gasteiger charge is 2.55. The molecule has 3 fully saturated rings. The number of benzene rings is 1. The third-order valence-electron chi connectivity index (χ3n) is 9.69. The number of sulfonamides is 1. The Bertz CT molecular complexity index is 1550. The number of nitrogens with one attached hydrogen (secondary N) is 2. The number of ether oxygens (including phenoxy) is 3. The van der Waals surface area contributed by atoms with E-state index < -0.39 is 88.1 Å². The Morgan fingerprint density at radius 1 is 1.16 bits per heavy atom. The molecule has 3 aliphatic rings. The van der Waals surface area contributed by atoms with Crippen molar-refractivity contribution >= 4 is 27.9 Å². The molecule has 0 aromatic heterocycles. The number of aryl methyl sites for hydroxylation is 2. The fourth-order valence-electron chi connectivity index (χ4n) is 6.93. The number of likely N-dealkylation sites (tertiary alicyclic amines) is 1. The average Bonchev–Trinajstić information content (AvgIpc) is 3.45. The molecule has 8 N–H and O–H groups in total. The van der Waals surface area contributed by atoms with Gasteiger partial charge in [-0.3, -0.25) is 19.2 Å². The summed E-state index contributed by atoms with van der Waals surface area (Å²) in [5, 5.41) is 45.9. The van der Waals surface area contributed by atoms with Gasteiger partial charge in [-0.05, 0) is 70.7 Å². The number of morpholine rings is 1. The molecular formula is C33H53N5O12S. The van der Waals surface area contributed by atoms with Crippen molar-refractivity contribution in [3.05, 3.63) is 28.8 Å². The number of phenols is 1. The molecule has 3 heterocycles. The topological polar surface area (TPSA) is 251 Å². The van der Waals surface area contributed by atoms with Gasteiger partial charge in [0.2, 0.25) is 10.0 Å². The molecule has 3 aliphatic heterocycles. The van der Waals surface area contributed by atoms with Crippen LogP contribution in [0.5, 0.6) is 5.75 Å². The van der Waals surface area contributed by atoms with Gasteiger partial charge >= 0.3 is 6.09 Å². The number of amides is 3. The van der Waals surface area contributed by atoms with Gasteiger partial charge in [0.05, 0.1) is 43.3 Å². The van der Waals surface area contributed by atoms with E-state index in [1.165, 1.54) is 12.1 Å². The summed E-state index contributed by atoms with van der Waals surface area (Å²) in [7, 11) is -4.11. The summed E-state index contributed by atoms with van der Waals surface area (Å²) in [6.07, 6.45) is -6.30. The monoisotopic (exact) mass is 743 g/mol. The molecule has 51 heavy (non-hydrogen) atoms. The molecule has 288 valence electrons. The lowest BCUT2D eigenvalue weighted by Gasteiger charge is -2.49. The maximum atomic E-state index is 13.7. The second-order valence-electron chi connectivity index (χ2n) is 15.0. The zero-order valence-electron chi connectivity index (χ0n) is 30.0. The van der Waals surface area contributed by atoms with Crippen LogP contribution in [0.25, 0.3) is 0 Å². The number of hydrogen-bond donors (Lipinski definition) is 7. The van der Waals surface area contributed by atoms with E-state index in [9.17, 15) is 43.2 Å². The Balaban J connectivity index is 1.53. The third kappa shape index (κ3) is 9.67. The van der Waals surface area contributed by atoms with E-state index in [1.807, 2.05) is 9.62 Å². The lowest BCUT2D eigenvalue weighted by molar-refractivity contribution is -0.217. The highest BCUT2D eigenvalue weighted by Crippen LogP contribution is 2.37. The minimum atomic E-state index is -4.11. The van der Waals surface area contributed by atoms with E-state index in [0.717, 1.165) is 6.26 Å². The largest absolute Gasteiger partial charge is 0.507 e. The molecule has 1 spiro atoms. The molecule has 0 saturated carbocycles. The lowest BCUT2D eigenvalue weighted by atomic mass is 9.81. The summed E-state index contributed by atoms with van der Waals surface area (Å²) in [6.45, 7) is 9.97. The van der Waals surface area contributed by atoms with Crippen molar-refractivity contribution in [3.8, 4) is 5.75 Å². The van der Waals surface area contributed by atoms with Crippen LogP contribution in [0.2, 0.25) is 0 Å². The minimum Gasteiger partial charge on any atom is -0.507 e. The maximum absolute atomic E-state index is 13.7. The molecule has 0 aliphatic carbocycles. The SMILES string of the molecule is Cc1cc(C(=O)NC[C@@H](O)[C@@H](O)[C@@H]2O[C@@](CCN3CCOC[C@@]34CCN(C(=O)OC(C)(C)C)C4)(C(=O)NS(C)(=O)=O)C[C@H](O)[C@H]2N)cc(C)c1O. The second-order valence-corrected chi connectivity index (χ2v) is 16.8. The summed E-state index contributed by atoms with van der Waals surface area (Å²) in [5.41, 5.74) is 4.02. The average molecular weight is 744 g/mol. The van der Waals surface area contributed by atoms with Gasteiger partial charge in [0.15, 0.2) is 5.60 Å². The highest BCUT2D eigenvalue weighted by atomic mass is 32.2. The zero-order chi connectivity index (χ0) is 38.1. The fraction of sp³-hybridized carbons (Fsp3) is 0.727. The Hall–Kier alpha value is -3.10. The van der Waals surface area contributed by atoms with Crippen molar-refractivity contribution in [2.45, 2.75) is 101 Å². The molecule has 3 saturated heterocycles. The molecule has 1 aromatic carbocycles. The van der Waals surface area contributed by atoms with Gasteiger partial charge in [-0.2, -0.15) is 0 Å². The summed E-state index contributed by atoms with van der Waals surface area (Å²) in [4.78, 5) is 43.1. The van der Waals surface area contributed by atoms with Crippen molar-refractivity contribution in [3.63, 3.8) is 0 Å². The van der Waals surface area contributed by atoms with Crippen molar-refractivity contribution in [2.24, 2.45) is 5.73 Å². The smallest absolute Gasteiger partial charge is 0.410 e. The molecule has 0 unspecified atom stereocenters. The van der Waals surface area contributed by atoms with Crippen molar-refractivity contribution in [2.75, 3.05) is 52.2 Å². The van der Waals surface area contributed by atoms with Crippen LogP contribution < -0.4 is 15.8 Å². The van der Waals surface area contributed by atoms with Gasteiger partial charge in [-0.15, -0.1) is 0 Å². The van der Waals surface area contributed by atoms with Crippen LogP contribution in [0.4, 0.5) is 4.79 Å². The number of aromatic hydroxyl groups is 1. The minimum absolute atomic E-state index is 0.0437. The Morgan fingerprint density at radius 2 is 1.80 bits per heavy atom. The first-order valence-electron chi connectivity index (χ1n) is 17.0. The lowest BCUT2D eigenvalue weighted by Crippen LogP contribution is -2.68. The highest BCUT2D eigenvalue weighted by molar-refractivity contribution is 7.89. The molecule has 18 heteroatoms. The van der Waals surface area contributed by atoms with Crippen molar-refractivity contribution in [1.82, 2.24) is 19.8 Å². The van der Waals surface area contributed by atoms with Crippen LogP contribution in [-0.2, 0) is 29.0 Å². The summed E-state index contributed by atoms with van der Waals surface area (Å²) >= 11 is 0. The van der Waals surface area contributed by atoms with Crippen LogP contribution in [0.3, 0.4) is 0 Å². The quantitative estimate of drug-likeness (QED) is 0.150. The summed E-state index contributed by atoms with van der Waals surface area (Å²) in [6, 6.07) is 1.62. The summed E-state index contributed by atoms with van der Waals surface area (Å²) in [5.74, 6) is -1.64. The van der Waals surface area contributed by atoms with E-state index in [2.05, 4.69) is 5.32 Å². The van der Waals surface area contributed by atoms with Gasteiger partial charge in [-0.1, -0.05) is 0 Å². The van der Waals surface area contributed by atoms with E-state index in [0.29, 0.717) is 37.2 Å². The van der Waals surface area contributed by atoms with E-state index in [4.69, 9.17) is 19.9 Å². The Morgan fingerprint density at radius 3 is 2.41 bits per heavy atom. The number of aliphatic hydroxyl groups excluding tert-OH is 3. The number of rotatable bonds is 10. The first-order valence-corrected chi connectivity index (χ1v) is 18.8. The number of aliphatic hydroxyl groups is 3. The maximum Gasteiger partial charge on any atom is 0.410 e. The standard InChI is InChI=1S/C33H53N5O12S/c1-19-13-21(14-20(2)25(19)41)28(43)35-16-23(40)26(42)27-24(34)22(39)15-33(49-27,29(44)36-51(6,46)47)8-10-38-11-12-48-18-32(38)7-9-37(17-32)30(45)50-31(3,4)5/h13-14,22-24,26-27,39-42H,7-12,15-18,34H2,1-6H3,(H,35,43)(H,36,44)/t22-,23+,24+,26+,27+,32-,33+/m0/s1. The molecule has 3 amide bonds. The molecule has 17 nitrogen and oxygen atoms in total. The first kappa shape index (κ1) is 40.7. The van der Waals surface area contributed by atoms with Crippen molar-refractivity contribution < 1.29 is 57.4 Å². The molecule has 1 aromatic rings. The van der Waals surface area contributed by atoms with Gasteiger partial charge < -0.3 is 50.6 Å². The first-order chi connectivity index (χ1) is 23.6. The number of nitrogens with two attached hydrogens (primary N) is 1. The van der Waals surface area contributed by atoms with Gasteiger partial charge in [0.1, 0.15) is 23.6 Å². The molecular weight excluding hydrogens is 690 g/mol. The second kappa shape index (κ2) is 15.5. The zero-order valence-corrected chi connectivity index (χ0v) is 30.9. The number of carbonyl (C=O) groups excluding carboxylic acids is 3. The molecule has 0 bridgehead atoms. The normalized spacial score (nSPS) is 28.7. The van der Waals surface area contributed by atoms with E-state index >= 15 is 0 Å². The third-order valence-corrected chi connectivity index (χ3v) is 10.2. The summed E-state index contributed by atoms with van der Waals surface area (Å²) < 4.78 is 44.0. The Labute approximate surface area is 298 Å².